The Labute approximate surface area is 106 Å². The molecule has 0 N–H and O–H groups in total. The summed E-state index contributed by atoms with van der Waals surface area (Å²) in [5.74, 6) is 0.759. The van der Waals surface area contributed by atoms with E-state index in [4.69, 9.17) is 9.47 Å². The first-order chi connectivity index (χ1) is 8.63. The number of cyclic esters (lactones) is 1. The minimum Gasteiger partial charge on any atom is -0.496 e. The Morgan fingerprint density at radius 3 is 2.83 bits per heavy atom. The van der Waals surface area contributed by atoms with Gasteiger partial charge in [0.2, 0.25) is 0 Å². The maximum Gasteiger partial charge on any atom is 0.363 e. The van der Waals surface area contributed by atoms with Crippen LogP contribution in [0.3, 0.4) is 0 Å². The van der Waals surface area contributed by atoms with Crippen LogP contribution in [-0.4, -0.2) is 19.0 Å². The maximum absolute atomic E-state index is 11.6. The van der Waals surface area contributed by atoms with Crippen molar-refractivity contribution in [2.45, 2.75) is 20.3 Å². The predicted molar refractivity (Wildman–Crippen MR) is 69.5 cm³/mol. The molecule has 0 aliphatic carbocycles. The van der Waals surface area contributed by atoms with E-state index in [-0.39, 0.29) is 0 Å². The molecule has 0 saturated heterocycles. The van der Waals surface area contributed by atoms with Crippen molar-refractivity contribution in [3.05, 3.63) is 35.0 Å². The van der Waals surface area contributed by atoms with Gasteiger partial charge in [-0.15, -0.1) is 0 Å². The van der Waals surface area contributed by atoms with E-state index >= 15 is 0 Å². The molecular weight excluding hydrogens is 230 g/mol. The highest BCUT2D eigenvalue weighted by molar-refractivity contribution is 6.07. The normalized spacial score (nSPS) is 16.7. The van der Waals surface area contributed by atoms with Crippen molar-refractivity contribution in [1.29, 1.82) is 0 Å². The van der Waals surface area contributed by atoms with Gasteiger partial charge in [0.1, 0.15) is 5.75 Å². The number of ether oxygens (including phenoxy) is 2. The van der Waals surface area contributed by atoms with Crippen LogP contribution in [0, 0.1) is 6.92 Å². The Morgan fingerprint density at radius 2 is 2.22 bits per heavy atom. The van der Waals surface area contributed by atoms with E-state index in [1.165, 1.54) is 0 Å². The topological polar surface area (TPSA) is 47.9 Å². The van der Waals surface area contributed by atoms with Crippen LogP contribution in [0.5, 0.6) is 5.75 Å². The number of esters is 1. The smallest absolute Gasteiger partial charge is 0.363 e. The number of aliphatic imine (C=N–C) groups is 1. The largest absolute Gasteiger partial charge is 0.496 e. The van der Waals surface area contributed by atoms with Gasteiger partial charge in [-0.3, -0.25) is 0 Å². The predicted octanol–water partition coefficient (Wildman–Crippen LogP) is 2.71. The lowest BCUT2D eigenvalue weighted by Crippen LogP contribution is -2.02. The average molecular weight is 245 g/mol. The quantitative estimate of drug-likeness (QED) is 0.607. The van der Waals surface area contributed by atoms with Gasteiger partial charge in [-0.25, -0.2) is 9.79 Å². The fraction of sp³-hybridized carbons (Fsp3) is 0.286. The van der Waals surface area contributed by atoms with Crippen LogP contribution in [0.15, 0.2) is 28.9 Å². The summed E-state index contributed by atoms with van der Waals surface area (Å²) in [5, 5.41) is 0. The van der Waals surface area contributed by atoms with Gasteiger partial charge in [0.05, 0.1) is 7.11 Å². The SMILES string of the molecule is CCC1=N/C(=C/c2cc(C)ccc2OC)C(=O)O1. The van der Waals surface area contributed by atoms with Gasteiger partial charge < -0.3 is 9.47 Å². The summed E-state index contributed by atoms with van der Waals surface area (Å²) in [7, 11) is 1.60. The van der Waals surface area contributed by atoms with Crippen molar-refractivity contribution in [3.63, 3.8) is 0 Å². The van der Waals surface area contributed by atoms with Gasteiger partial charge >= 0.3 is 5.97 Å². The molecule has 0 spiro atoms. The third-order valence-electron chi connectivity index (χ3n) is 2.64. The van der Waals surface area contributed by atoms with Crippen molar-refractivity contribution in [2.24, 2.45) is 4.99 Å². The molecule has 4 heteroatoms. The van der Waals surface area contributed by atoms with E-state index in [0.29, 0.717) is 23.8 Å². The van der Waals surface area contributed by atoms with Crippen LogP contribution < -0.4 is 4.74 Å². The van der Waals surface area contributed by atoms with E-state index in [9.17, 15) is 4.79 Å². The summed E-state index contributed by atoms with van der Waals surface area (Å²) in [4.78, 5) is 15.7. The summed E-state index contributed by atoms with van der Waals surface area (Å²) in [6.45, 7) is 3.87. The van der Waals surface area contributed by atoms with Crippen LogP contribution in [0.25, 0.3) is 6.08 Å². The minimum atomic E-state index is -0.407. The standard InChI is InChI=1S/C14H15NO3/c1-4-13-15-11(14(16)18-13)8-10-7-9(2)5-6-12(10)17-3/h5-8H,4H2,1-3H3/b11-8+. The molecule has 0 fully saturated rings. The van der Waals surface area contributed by atoms with Crippen LogP contribution in [0.1, 0.15) is 24.5 Å². The molecule has 1 aliphatic rings. The number of hydrogen-bond donors (Lipinski definition) is 0. The number of methoxy groups -OCH3 is 1. The monoisotopic (exact) mass is 245 g/mol. The van der Waals surface area contributed by atoms with E-state index < -0.39 is 5.97 Å². The second-order valence-corrected chi connectivity index (χ2v) is 4.02. The molecule has 1 heterocycles. The number of carbonyl (C=O) groups is 1. The second kappa shape index (κ2) is 5.04. The molecule has 4 nitrogen and oxygen atoms in total. The molecule has 18 heavy (non-hydrogen) atoms. The zero-order valence-corrected chi connectivity index (χ0v) is 10.7. The van der Waals surface area contributed by atoms with Gasteiger partial charge in [0.25, 0.3) is 0 Å². The molecule has 0 amide bonds. The van der Waals surface area contributed by atoms with E-state index in [2.05, 4.69) is 4.99 Å². The summed E-state index contributed by atoms with van der Waals surface area (Å²) in [6.07, 6.45) is 2.30. The fourth-order valence-electron chi connectivity index (χ4n) is 1.72. The number of rotatable bonds is 3. The molecule has 0 bridgehead atoms. The average Bonchev–Trinajstić information content (AvgIpc) is 2.71. The van der Waals surface area contributed by atoms with Crippen molar-refractivity contribution < 1.29 is 14.3 Å². The van der Waals surface area contributed by atoms with Gasteiger partial charge in [-0.1, -0.05) is 18.6 Å². The van der Waals surface area contributed by atoms with Crippen LogP contribution in [0.4, 0.5) is 0 Å². The lowest BCUT2D eigenvalue weighted by Gasteiger charge is -2.05. The van der Waals surface area contributed by atoms with Crippen LogP contribution >= 0.6 is 0 Å². The molecule has 1 aromatic rings. The second-order valence-electron chi connectivity index (χ2n) is 4.02. The Bertz CT molecular complexity index is 544. The van der Waals surface area contributed by atoms with E-state index in [1.54, 1.807) is 13.2 Å². The van der Waals surface area contributed by atoms with Crippen molar-refractivity contribution in [1.82, 2.24) is 0 Å². The first-order valence-corrected chi connectivity index (χ1v) is 5.80. The van der Waals surface area contributed by atoms with E-state index in [1.807, 2.05) is 32.0 Å². The summed E-state index contributed by atoms with van der Waals surface area (Å²) >= 11 is 0. The lowest BCUT2D eigenvalue weighted by atomic mass is 10.1. The number of hydrogen-bond acceptors (Lipinski definition) is 4. The zero-order chi connectivity index (χ0) is 13.1. The molecule has 94 valence electrons. The summed E-state index contributed by atoms with van der Waals surface area (Å²) in [6, 6.07) is 5.76. The third kappa shape index (κ3) is 2.42. The van der Waals surface area contributed by atoms with Gasteiger partial charge in [-0.2, -0.15) is 0 Å². The molecule has 0 aromatic heterocycles. The number of carbonyl (C=O) groups excluding carboxylic acids is 1. The Kier molecular flexibility index (Phi) is 3.46. The Morgan fingerprint density at radius 1 is 1.44 bits per heavy atom. The minimum absolute atomic E-state index is 0.316. The molecular formula is C14H15NO3. The lowest BCUT2D eigenvalue weighted by molar-refractivity contribution is -0.130. The maximum atomic E-state index is 11.6. The highest BCUT2D eigenvalue weighted by Crippen LogP contribution is 2.24. The van der Waals surface area contributed by atoms with Crippen molar-refractivity contribution >= 4 is 17.9 Å². The van der Waals surface area contributed by atoms with E-state index in [0.717, 1.165) is 11.1 Å². The summed E-state index contributed by atoms with van der Waals surface area (Å²) in [5.41, 5.74) is 2.23. The number of aryl methyl sites for hydroxylation is 1. The molecule has 1 aromatic carbocycles. The number of benzene rings is 1. The zero-order valence-electron chi connectivity index (χ0n) is 10.7. The van der Waals surface area contributed by atoms with Crippen LogP contribution in [-0.2, 0) is 9.53 Å². The Hall–Kier alpha value is -2.10. The first-order valence-electron chi connectivity index (χ1n) is 5.80. The highest BCUT2D eigenvalue weighted by Gasteiger charge is 2.21. The number of nitrogens with zero attached hydrogens (tertiary/aromatic N) is 1. The summed E-state index contributed by atoms with van der Waals surface area (Å²) < 4.78 is 10.3. The van der Waals surface area contributed by atoms with Gasteiger partial charge in [0.15, 0.2) is 11.6 Å². The highest BCUT2D eigenvalue weighted by atomic mass is 16.6. The molecule has 2 rings (SSSR count). The molecule has 1 aliphatic heterocycles. The van der Waals surface area contributed by atoms with Gasteiger partial charge in [0, 0.05) is 12.0 Å². The molecule has 0 atom stereocenters. The van der Waals surface area contributed by atoms with Crippen LogP contribution in [0.2, 0.25) is 0 Å². The molecule has 0 radical (unpaired) electrons. The third-order valence-corrected chi connectivity index (χ3v) is 2.64. The fourth-order valence-corrected chi connectivity index (χ4v) is 1.72. The van der Waals surface area contributed by atoms with Crippen molar-refractivity contribution in [2.75, 3.05) is 7.11 Å². The van der Waals surface area contributed by atoms with Crippen molar-refractivity contribution in [3.8, 4) is 5.75 Å². The Balaban J connectivity index is 2.41. The molecule has 0 unspecified atom stereocenters. The molecule has 0 saturated carbocycles. The first kappa shape index (κ1) is 12.4. The van der Waals surface area contributed by atoms with Gasteiger partial charge in [-0.05, 0) is 25.1 Å².